The second-order valence-electron chi connectivity index (χ2n) is 9.04. The van der Waals surface area contributed by atoms with E-state index in [1.165, 1.54) is 9.24 Å². The van der Waals surface area contributed by atoms with Crippen molar-refractivity contribution in [3.63, 3.8) is 0 Å². The lowest BCUT2D eigenvalue weighted by molar-refractivity contribution is 0.446. The predicted molar refractivity (Wildman–Crippen MR) is 140 cm³/mol. The Balaban J connectivity index is 2.38. The zero-order chi connectivity index (χ0) is 36.1. The van der Waals surface area contributed by atoms with Crippen molar-refractivity contribution in [2.75, 3.05) is 0 Å². The largest absolute Gasteiger partial charge is 0.205 e. The standard InChI is InChI=1S/C30H2F11N6P/c31-19-10(4-45)20(32)25(37)16(24(19)36)7(1-42)13-14(8(2-43)17-26(38)21(33)11(5-46)22(34)27(17)39)15(13)9(3-44)18-28(40)23(35)12(6-47)30(48)29(18)41/h48H2/b13-7+,14-8?,15-9+. The van der Waals surface area contributed by atoms with Crippen LogP contribution < -0.4 is 5.30 Å². The summed E-state index contributed by atoms with van der Waals surface area (Å²) >= 11 is 0. The molecule has 0 spiro atoms. The molecular formula is C30H2F11N6P. The number of hydrogen-bond donors (Lipinski definition) is 0. The summed E-state index contributed by atoms with van der Waals surface area (Å²) in [5.41, 5.74) is -19.5. The van der Waals surface area contributed by atoms with Crippen molar-refractivity contribution in [1.82, 2.24) is 0 Å². The highest BCUT2D eigenvalue weighted by atomic mass is 31.0. The minimum Gasteiger partial charge on any atom is -0.205 e. The van der Waals surface area contributed by atoms with Crippen molar-refractivity contribution in [2.45, 2.75) is 0 Å². The van der Waals surface area contributed by atoms with Gasteiger partial charge in [-0.25, -0.2) is 48.3 Å². The van der Waals surface area contributed by atoms with Gasteiger partial charge in [0.25, 0.3) is 0 Å². The summed E-state index contributed by atoms with van der Waals surface area (Å²) in [6, 6.07) is 5.88. The van der Waals surface area contributed by atoms with Crippen LogP contribution in [-0.4, -0.2) is 0 Å². The lowest BCUT2D eigenvalue weighted by atomic mass is 9.99. The summed E-state index contributed by atoms with van der Waals surface area (Å²) in [5.74, 6) is -25.8. The number of nitriles is 6. The van der Waals surface area contributed by atoms with Crippen LogP contribution in [0.2, 0.25) is 0 Å². The maximum Gasteiger partial charge on any atom is 0.180 e. The molecule has 1 atom stereocenters. The molecule has 6 nitrogen and oxygen atoms in total. The highest BCUT2D eigenvalue weighted by molar-refractivity contribution is 7.27. The average molecular weight is 686 g/mol. The van der Waals surface area contributed by atoms with Gasteiger partial charge in [0.05, 0.1) is 33.4 Å². The van der Waals surface area contributed by atoms with Crippen molar-refractivity contribution in [2.24, 2.45) is 0 Å². The zero-order valence-corrected chi connectivity index (χ0v) is 23.6. The van der Waals surface area contributed by atoms with Crippen molar-refractivity contribution >= 4 is 31.3 Å². The van der Waals surface area contributed by atoms with Gasteiger partial charge >= 0.3 is 0 Å². The average Bonchev–Trinajstić information content (AvgIpc) is 3.78. The molecule has 4 rings (SSSR count). The summed E-state index contributed by atoms with van der Waals surface area (Å²) in [4.78, 5) is 0. The Morgan fingerprint density at radius 1 is 0.354 bits per heavy atom. The summed E-state index contributed by atoms with van der Waals surface area (Å²) in [7, 11) is 1.49. The molecule has 1 fully saturated rings. The Labute approximate surface area is 261 Å². The normalized spacial score (nSPS) is 14.9. The van der Waals surface area contributed by atoms with Crippen LogP contribution in [0.5, 0.6) is 0 Å². The molecular weight excluding hydrogens is 684 g/mol. The van der Waals surface area contributed by atoms with Gasteiger partial charge in [-0.2, -0.15) is 31.6 Å². The van der Waals surface area contributed by atoms with Crippen molar-refractivity contribution in [3.8, 4) is 36.4 Å². The third-order valence-corrected chi connectivity index (χ3v) is 7.28. The molecule has 18 heteroatoms. The molecule has 3 aromatic rings. The van der Waals surface area contributed by atoms with E-state index in [4.69, 9.17) is 15.8 Å². The van der Waals surface area contributed by atoms with Crippen LogP contribution in [0.4, 0.5) is 48.3 Å². The molecule has 1 aliphatic carbocycles. The van der Waals surface area contributed by atoms with Gasteiger partial charge in [0, 0.05) is 22.0 Å². The van der Waals surface area contributed by atoms with E-state index in [1.807, 2.05) is 0 Å². The van der Waals surface area contributed by atoms with Gasteiger partial charge in [0.2, 0.25) is 0 Å². The fourth-order valence-corrected chi connectivity index (χ4v) is 4.89. The Morgan fingerprint density at radius 2 is 0.583 bits per heavy atom. The van der Waals surface area contributed by atoms with Crippen molar-refractivity contribution < 1.29 is 48.3 Å². The lowest BCUT2D eigenvalue weighted by Gasteiger charge is -2.09. The molecule has 48 heavy (non-hydrogen) atoms. The molecule has 1 saturated carbocycles. The number of nitrogens with zero attached hydrogens (tertiary/aromatic N) is 6. The Bertz CT molecular complexity index is 2070. The first-order valence-electron chi connectivity index (χ1n) is 12.0. The number of hydrogen-bond acceptors (Lipinski definition) is 6. The molecule has 1 unspecified atom stereocenters. The van der Waals surface area contributed by atoms with Crippen LogP contribution >= 0.6 is 9.24 Å². The van der Waals surface area contributed by atoms with Gasteiger partial charge in [0.1, 0.15) is 58.9 Å². The summed E-state index contributed by atoms with van der Waals surface area (Å²) in [6.07, 6.45) is 0. The molecule has 0 amide bonds. The lowest BCUT2D eigenvalue weighted by Crippen LogP contribution is -2.14. The van der Waals surface area contributed by atoms with Gasteiger partial charge in [-0.05, 0) is 0 Å². The molecule has 0 N–H and O–H groups in total. The maximum atomic E-state index is 15.4. The third kappa shape index (κ3) is 4.70. The molecule has 1 aliphatic rings. The van der Waals surface area contributed by atoms with E-state index in [1.54, 1.807) is 0 Å². The van der Waals surface area contributed by atoms with Crippen LogP contribution in [-0.2, 0) is 0 Å². The van der Waals surface area contributed by atoms with E-state index in [0.717, 1.165) is 36.4 Å². The van der Waals surface area contributed by atoms with Gasteiger partial charge in [0.15, 0.2) is 58.2 Å². The van der Waals surface area contributed by atoms with E-state index in [-0.39, 0.29) is 0 Å². The van der Waals surface area contributed by atoms with Crippen LogP contribution in [0, 0.1) is 132 Å². The first kappa shape index (κ1) is 34.4. The zero-order valence-electron chi connectivity index (χ0n) is 22.4. The fourth-order valence-electron chi connectivity index (χ4n) is 4.55. The maximum absolute atomic E-state index is 15.4. The van der Waals surface area contributed by atoms with Crippen LogP contribution in [0.15, 0.2) is 16.7 Å². The summed E-state index contributed by atoms with van der Waals surface area (Å²) < 4.78 is 164. The summed E-state index contributed by atoms with van der Waals surface area (Å²) in [6.45, 7) is 0. The first-order chi connectivity index (χ1) is 22.6. The third-order valence-electron chi connectivity index (χ3n) is 6.74. The molecule has 234 valence electrons. The Hall–Kier alpha value is -6.52. The van der Waals surface area contributed by atoms with E-state index in [9.17, 15) is 37.7 Å². The van der Waals surface area contributed by atoms with E-state index >= 15 is 26.3 Å². The van der Waals surface area contributed by atoms with Crippen LogP contribution in [0.1, 0.15) is 33.4 Å². The van der Waals surface area contributed by atoms with E-state index in [2.05, 4.69) is 0 Å². The Kier molecular flexibility index (Phi) is 8.84. The van der Waals surface area contributed by atoms with Gasteiger partial charge < -0.3 is 0 Å². The van der Waals surface area contributed by atoms with Crippen LogP contribution in [0.3, 0.4) is 0 Å². The van der Waals surface area contributed by atoms with Crippen molar-refractivity contribution in [3.05, 3.63) is 114 Å². The quantitative estimate of drug-likeness (QED) is 0.132. The predicted octanol–water partition coefficient (Wildman–Crippen LogP) is 6.58. The number of halogens is 11. The molecule has 0 aromatic heterocycles. The van der Waals surface area contributed by atoms with Gasteiger partial charge in [-0.1, -0.05) is 0 Å². The number of benzene rings is 3. The fraction of sp³-hybridized carbons (Fsp3) is 0. The SMILES string of the molecule is N#CC(=C1C(=C(/C#N)c2c(F)c(F)c(C#N)c(F)c2F)/C1=C(/C#N)c1c(F)c(F)c(C#N)c(P)c1F)c1c(F)c(F)c(C#N)c(F)c1F. The number of rotatable bonds is 3. The first-order valence-corrected chi connectivity index (χ1v) is 12.5. The molecule has 0 heterocycles. The summed E-state index contributed by atoms with van der Waals surface area (Å²) in [5, 5.41) is 55.4. The molecule has 0 saturated heterocycles. The Morgan fingerprint density at radius 3 is 0.812 bits per heavy atom. The minimum absolute atomic E-state index is 0.799. The van der Waals surface area contributed by atoms with Gasteiger partial charge in [-0.15, -0.1) is 9.24 Å². The van der Waals surface area contributed by atoms with E-state index < -0.39 is 136 Å². The molecule has 3 aromatic carbocycles. The smallest absolute Gasteiger partial charge is 0.180 e. The second kappa shape index (κ2) is 12.3. The van der Waals surface area contributed by atoms with Crippen molar-refractivity contribution in [1.29, 1.82) is 31.6 Å². The topological polar surface area (TPSA) is 143 Å². The monoisotopic (exact) mass is 686 g/mol. The molecule has 0 bridgehead atoms. The van der Waals surface area contributed by atoms with Gasteiger partial charge in [-0.3, -0.25) is 0 Å². The van der Waals surface area contributed by atoms with Crippen LogP contribution in [0.25, 0.3) is 16.7 Å². The number of allylic oxidation sites excluding steroid dienone is 6. The second-order valence-corrected chi connectivity index (χ2v) is 9.62. The molecule has 0 radical (unpaired) electrons. The minimum atomic E-state index is -2.47. The van der Waals surface area contributed by atoms with E-state index in [0.29, 0.717) is 0 Å². The highest BCUT2D eigenvalue weighted by Crippen LogP contribution is 2.57. The highest BCUT2D eigenvalue weighted by Gasteiger charge is 2.46. The molecule has 0 aliphatic heterocycles.